The molecule has 0 aromatic heterocycles. The van der Waals surface area contributed by atoms with Gasteiger partial charge in [-0.2, -0.15) is 0 Å². The van der Waals surface area contributed by atoms with Crippen LogP contribution in [0.2, 0.25) is 0 Å². The van der Waals surface area contributed by atoms with Crippen molar-refractivity contribution in [2.45, 2.75) is 162 Å². The third-order valence-corrected chi connectivity index (χ3v) is 9.67. The molecule has 3 aromatic rings. The van der Waals surface area contributed by atoms with Gasteiger partial charge in [0.05, 0.1) is 0 Å². The normalized spacial score (nSPS) is 11.0. The van der Waals surface area contributed by atoms with Crippen molar-refractivity contribution in [1.82, 2.24) is 0 Å². The molecule has 6 heteroatoms. The van der Waals surface area contributed by atoms with Crippen LogP contribution in [0.15, 0.2) is 66.7 Å². The Balaban J connectivity index is 1.42. The van der Waals surface area contributed by atoms with Gasteiger partial charge in [-0.1, -0.05) is 172 Å². The van der Waals surface area contributed by atoms with E-state index in [9.17, 15) is 9.59 Å². The highest BCUT2D eigenvalue weighted by atomic mass is 16.6. The lowest BCUT2D eigenvalue weighted by Gasteiger charge is -2.14. The second-order valence-corrected chi connectivity index (χ2v) is 14.1. The van der Waals surface area contributed by atoms with Crippen LogP contribution in [0.25, 0.3) is 0 Å². The smallest absolute Gasteiger partial charge is 0.410 e. The lowest BCUT2D eigenvalue weighted by atomic mass is 10.0. The molecule has 0 heterocycles. The topological polar surface area (TPSA) is 76.7 Å². The fourth-order valence-corrected chi connectivity index (χ4v) is 6.54. The first-order chi connectivity index (χ1) is 25.0. The van der Waals surface area contributed by atoms with Gasteiger partial charge in [0.2, 0.25) is 0 Å². The van der Waals surface area contributed by atoms with E-state index >= 15 is 0 Å². The van der Waals surface area contributed by atoms with Crippen LogP contribution < -0.4 is 20.1 Å². The molecule has 0 atom stereocenters. The lowest BCUT2D eigenvalue weighted by Crippen LogP contribution is -2.19. The maximum Gasteiger partial charge on any atom is 0.417 e. The Labute approximate surface area is 309 Å². The van der Waals surface area contributed by atoms with E-state index in [4.69, 9.17) is 9.47 Å². The Bertz CT molecular complexity index is 1400. The molecule has 0 aliphatic heterocycles. The standard InChI is InChI=1S/C45H66N2O4/c1-4-6-8-10-12-14-16-18-20-22-28-38-30-24-26-32-42(38)50-44(48)46-40-35-34-37(3)41(36-40)47-45(49)51-43-33-27-25-31-39(43)29-23-21-19-17-15-13-11-9-7-5-2/h24-27,30-36H,4-23,28-29H2,1-3H3,(H,46,48)(H,47,49). The van der Waals surface area contributed by atoms with Gasteiger partial charge in [0.25, 0.3) is 0 Å². The summed E-state index contributed by atoms with van der Waals surface area (Å²) in [5, 5.41) is 5.69. The zero-order chi connectivity index (χ0) is 36.4. The maximum absolute atomic E-state index is 13.0. The number of ether oxygens (including phenoxy) is 2. The molecule has 0 aliphatic rings. The van der Waals surface area contributed by atoms with E-state index < -0.39 is 12.2 Å². The predicted molar refractivity (Wildman–Crippen MR) is 214 cm³/mol. The van der Waals surface area contributed by atoms with Gasteiger partial charge in [0, 0.05) is 11.4 Å². The molecule has 0 saturated heterocycles. The lowest BCUT2D eigenvalue weighted by molar-refractivity contribution is 0.214. The van der Waals surface area contributed by atoms with Gasteiger partial charge in [-0.25, -0.2) is 9.59 Å². The average Bonchev–Trinajstić information content (AvgIpc) is 3.12. The van der Waals surface area contributed by atoms with E-state index in [1.807, 2.05) is 61.5 Å². The van der Waals surface area contributed by atoms with Crippen molar-refractivity contribution >= 4 is 23.6 Å². The van der Waals surface area contributed by atoms with E-state index in [-0.39, 0.29) is 0 Å². The number of amides is 2. The van der Waals surface area contributed by atoms with Crippen molar-refractivity contribution in [2.24, 2.45) is 0 Å². The summed E-state index contributed by atoms with van der Waals surface area (Å²) in [6, 6.07) is 20.9. The number of benzene rings is 3. The molecule has 0 bridgehead atoms. The maximum atomic E-state index is 13.0. The van der Waals surface area contributed by atoms with Crippen LogP contribution in [0.4, 0.5) is 21.0 Å². The Morgan fingerprint density at radius 1 is 0.490 bits per heavy atom. The third kappa shape index (κ3) is 17.8. The summed E-state index contributed by atoms with van der Waals surface area (Å²) in [4.78, 5) is 25.9. The summed E-state index contributed by atoms with van der Waals surface area (Å²) >= 11 is 0. The molecule has 0 unspecified atom stereocenters. The van der Waals surface area contributed by atoms with E-state index in [0.29, 0.717) is 22.9 Å². The molecule has 2 amide bonds. The molecule has 6 nitrogen and oxygen atoms in total. The predicted octanol–water partition coefficient (Wildman–Crippen LogP) is 14.1. The summed E-state index contributed by atoms with van der Waals surface area (Å²) in [5.74, 6) is 1.16. The molecule has 0 fully saturated rings. The van der Waals surface area contributed by atoms with Crippen molar-refractivity contribution < 1.29 is 19.1 Å². The zero-order valence-corrected chi connectivity index (χ0v) is 32.0. The first-order valence-corrected chi connectivity index (χ1v) is 20.2. The van der Waals surface area contributed by atoms with Crippen LogP contribution in [0.1, 0.15) is 159 Å². The molecule has 0 aliphatic carbocycles. The summed E-state index contributed by atoms with van der Waals surface area (Å²) in [5.41, 5.74) is 4.01. The van der Waals surface area contributed by atoms with Crippen LogP contribution in [0.3, 0.4) is 0 Å². The number of hydrogen-bond acceptors (Lipinski definition) is 4. The number of rotatable bonds is 26. The Morgan fingerprint density at radius 3 is 1.33 bits per heavy atom. The highest BCUT2D eigenvalue weighted by Crippen LogP contribution is 2.26. The number of anilines is 2. The molecule has 3 aromatic carbocycles. The second kappa shape index (κ2) is 26.0. The van der Waals surface area contributed by atoms with Gasteiger partial charge >= 0.3 is 12.2 Å². The quantitative estimate of drug-likeness (QED) is 0.0818. The van der Waals surface area contributed by atoms with E-state index in [0.717, 1.165) is 42.4 Å². The van der Waals surface area contributed by atoms with Crippen LogP contribution >= 0.6 is 0 Å². The molecule has 51 heavy (non-hydrogen) atoms. The SMILES string of the molecule is CCCCCCCCCCCCc1ccccc1OC(=O)Nc1ccc(C)c(NC(=O)Oc2ccccc2CCCCCCCCCCCC)c1. The third-order valence-electron chi connectivity index (χ3n) is 9.67. The Hall–Kier alpha value is -3.80. The minimum atomic E-state index is -0.566. The highest BCUT2D eigenvalue weighted by Gasteiger charge is 2.14. The fourth-order valence-electron chi connectivity index (χ4n) is 6.54. The zero-order valence-electron chi connectivity index (χ0n) is 32.0. The summed E-state index contributed by atoms with van der Waals surface area (Å²) in [6.07, 6.45) is 26.4. The van der Waals surface area contributed by atoms with Gasteiger partial charge in [0.1, 0.15) is 11.5 Å². The van der Waals surface area contributed by atoms with Gasteiger partial charge < -0.3 is 9.47 Å². The van der Waals surface area contributed by atoms with Gasteiger partial charge in [-0.15, -0.1) is 0 Å². The number of aryl methyl sites for hydroxylation is 3. The largest absolute Gasteiger partial charge is 0.417 e. The number of carbonyl (C=O) groups excluding carboxylic acids is 2. The summed E-state index contributed by atoms with van der Waals surface area (Å²) < 4.78 is 11.5. The molecular weight excluding hydrogens is 633 g/mol. The van der Waals surface area contributed by atoms with Crippen LogP contribution in [0.5, 0.6) is 11.5 Å². The molecule has 3 rings (SSSR count). The summed E-state index contributed by atoms with van der Waals surface area (Å²) in [7, 11) is 0. The van der Waals surface area contributed by atoms with E-state index in [1.54, 1.807) is 12.1 Å². The molecule has 0 radical (unpaired) electrons. The summed E-state index contributed by atoms with van der Waals surface area (Å²) in [6.45, 7) is 6.42. The molecule has 2 N–H and O–H groups in total. The van der Waals surface area contributed by atoms with Crippen molar-refractivity contribution in [1.29, 1.82) is 0 Å². The molecule has 280 valence electrons. The first kappa shape index (κ1) is 41.6. The van der Waals surface area contributed by atoms with E-state index in [1.165, 1.54) is 116 Å². The minimum Gasteiger partial charge on any atom is -0.410 e. The fraction of sp³-hybridized carbons (Fsp3) is 0.556. The number of hydrogen-bond donors (Lipinski definition) is 2. The minimum absolute atomic E-state index is 0.523. The number of unbranched alkanes of at least 4 members (excludes halogenated alkanes) is 18. The van der Waals surface area contributed by atoms with Crippen molar-refractivity contribution in [3.8, 4) is 11.5 Å². The van der Waals surface area contributed by atoms with Crippen LogP contribution in [-0.4, -0.2) is 12.2 Å². The van der Waals surface area contributed by atoms with Crippen molar-refractivity contribution in [2.75, 3.05) is 10.6 Å². The Kier molecular flexibility index (Phi) is 21.3. The Morgan fingerprint density at radius 2 is 0.882 bits per heavy atom. The van der Waals surface area contributed by atoms with E-state index in [2.05, 4.69) is 24.5 Å². The van der Waals surface area contributed by atoms with Crippen molar-refractivity contribution in [3.05, 3.63) is 83.4 Å². The van der Waals surface area contributed by atoms with Gasteiger partial charge in [-0.05, 0) is 73.6 Å². The molecular formula is C45H66N2O4. The second-order valence-electron chi connectivity index (χ2n) is 14.1. The van der Waals surface area contributed by atoms with Crippen LogP contribution in [-0.2, 0) is 12.8 Å². The highest BCUT2D eigenvalue weighted by molar-refractivity contribution is 5.91. The number of nitrogens with one attached hydrogen (secondary N) is 2. The number of para-hydroxylation sites is 2. The van der Waals surface area contributed by atoms with Gasteiger partial charge in [0.15, 0.2) is 0 Å². The first-order valence-electron chi connectivity index (χ1n) is 20.2. The monoisotopic (exact) mass is 699 g/mol. The number of carbonyl (C=O) groups is 2. The molecule has 0 saturated carbocycles. The average molecular weight is 699 g/mol. The molecule has 0 spiro atoms. The van der Waals surface area contributed by atoms with Crippen molar-refractivity contribution in [3.63, 3.8) is 0 Å². The van der Waals surface area contributed by atoms with Gasteiger partial charge in [-0.3, -0.25) is 10.6 Å². The van der Waals surface area contributed by atoms with Crippen LogP contribution in [0, 0.1) is 6.92 Å².